The van der Waals surface area contributed by atoms with Crippen LogP contribution in [0.2, 0.25) is 0 Å². The molecular weight excluding hydrogens is 380 g/mol. The molecule has 0 spiro atoms. The number of aldehydes is 1. The first-order valence-electron chi connectivity index (χ1n) is 9.08. The number of rotatable bonds is 5. The topological polar surface area (TPSA) is 116 Å². The Labute approximate surface area is 168 Å². The van der Waals surface area contributed by atoms with Gasteiger partial charge in [-0.2, -0.15) is 0 Å². The number of fused-ring (bicyclic) bond motifs is 1. The van der Waals surface area contributed by atoms with Gasteiger partial charge in [-0.05, 0) is 31.4 Å². The van der Waals surface area contributed by atoms with E-state index in [9.17, 15) is 24.3 Å². The van der Waals surface area contributed by atoms with Crippen molar-refractivity contribution in [3.05, 3.63) is 47.6 Å². The van der Waals surface area contributed by atoms with Gasteiger partial charge in [0.2, 0.25) is 0 Å². The largest absolute Gasteiger partial charge is 0.454 e. The van der Waals surface area contributed by atoms with Crippen molar-refractivity contribution in [1.29, 1.82) is 0 Å². The summed E-state index contributed by atoms with van der Waals surface area (Å²) in [6.45, 7) is 9.59. The molecule has 156 valence electrons. The zero-order valence-corrected chi connectivity index (χ0v) is 16.4. The molecular formula is C21H24O8. The summed E-state index contributed by atoms with van der Waals surface area (Å²) >= 11 is 0. The molecule has 0 aromatic carbocycles. The monoisotopic (exact) mass is 404 g/mol. The molecule has 1 fully saturated rings. The number of allylic oxidation sites excluding steroid dienone is 1. The molecule has 8 heteroatoms. The van der Waals surface area contributed by atoms with Gasteiger partial charge in [0.25, 0.3) is 0 Å². The molecule has 0 radical (unpaired) electrons. The van der Waals surface area contributed by atoms with Crippen LogP contribution in [-0.4, -0.2) is 54.2 Å². The number of carbonyl (C=O) groups is 4. The number of aliphatic hydroxyl groups is 1. The molecule has 1 aliphatic heterocycles. The van der Waals surface area contributed by atoms with Crippen molar-refractivity contribution < 1.29 is 38.5 Å². The van der Waals surface area contributed by atoms with E-state index < -0.39 is 42.1 Å². The van der Waals surface area contributed by atoms with Gasteiger partial charge in [-0.3, -0.25) is 9.59 Å². The fourth-order valence-electron chi connectivity index (χ4n) is 3.28. The molecule has 2 aliphatic rings. The molecule has 8 nitrogen and oxygen atoms in total. The Bertz CT molecular complexity index is 803. The van der Waals surface area contributed by atoms with E-state index in [0.29, 0.717) is 24.7 Å². The molecule has 1 aliphatic carbocycles. The minimum atomic E-state index is -1.27. The second kappa shape index (κ2) is 9.47. The molecule has 0 bridgehead atoms. The van der Waals surface area contributed by atoms with E-state index in [4.69, 9.17) is 14.2 Å². The maximum atomic E-state index is 12.3. The normalized spacial score (nSPS) is 28.8. The number of carbonyl (C=O) groups excluding carboxylic acids is 4. The predicted octanol–water partition coefficient (Wildman–Crippen LogP) is 1.34. The van der Waals surface area contributed by atoms with E-state index >= 15 is 0 Å². The highest BCUT2D eigenvalue weighted by atomic mass is 16.6. The Morgan fingerprint density at radius 2 is 2.03 bits per heavy atom. The van der Waals surface area contributed by atoms with E-state index in [2.05, 4.69) is 13.2 Å². The average Bonchev–Trinajstić information content (AvgIpc) is 2.93. The summed E-state index contributed by atoms with van der Waals surface area (Å²) in [5.41, 5.74) is 0.745. The number of hydrogen-bond acceptors (Lipinski definition) is 8. The van der Waals surface area contributed by atoms with E-state index in [1.165, 1.54) is 6.92 Å². The second-order valence-corrected chi connectivity index (χ2v) is 6.94. The van der Waals surface area contributed by atoms with Crippen molar-refractivity contribution in [2.24, 2.45) is 5.92 Å². The summed E-state index contributed by atoms with van der Waals surface area (Å²) in [6, 6.07) is 0. The highest BCUT2D eigenvalue weighted by molar-refractivity contribution is 5.92. The minimum Gasteiger partial charge on any atom is -0.454 e. The lowest BCUT2D eigenvalue weighted by atomic mass is 9.83. The molecule has 2 rings (SSSR count). The maximum Gasteiger partial charge on any atom is 0.334 e. The zero-order valence-electron chi connectivity index (χ0n) is 16.4. The summed E-state index contributed by atoms with van der Waals surface area (Å²) in [7, 11) is 0. The smallest absolute Gasteiger partial charge is 0.334 e. The third-order valence-electron chi connectivity index (χ3n) is 4.71. The SMILES string of the molecule is C=C(C)C(=O)O[C@H]1[C@H]2C(=C)C(=O)O[C@@H]2C=C(CO)CC/C=C(\C=O)[C@@H]1OC(C)=O. The molecule has 1 heterocycles. The summed E-state index contributed by atoms with van der Waals surface area (Å²) in [6.07, 6.45) is 0.932. The first kappa shape index (κ1) is 22.3. The van der Waals surface area contributed by atoms with E-state index in [1.54, 1.807) is 12.2 Å². The van der Waals surface area contributed by atoms with Gasteiger partial charge in [-0.25, -0.2) is 9.59 Å². The van der Waals surface area contributed by atoms with E-state index in [-0.39, 0.29) is 23.3 Å². The van der Waals surface area contributed by atoms with Crippen molar-refractivity contribution >= 4 is 24.2 Å². The average molecular weight is 404 g/mol. The van der Waals surface area contributed by atoms with Crippen molar-refractivity contribution in [3.63, 3.8) is 0 Å². The number of aliphatic hydroxyl groups excluding tert-OH is 1. The summed E-state index contributed by atoms with van der Waals surface area (Å²) in [5, 5.41) is 9.61. The predicted molar refractivity (Wildman–Crippen MR) is 101 cm³/mol. The Kier molecular flexibility index (Phi) is 7.28. The standard InChI is InChI=1S/C21H24O8/c1-11(2)20(25)29-19-17-12(3)21(26)28-16(17)8-14(9-22)6-5-7-15(10-23)18(19)27-13(4)24/h7-8,10,16-19,22H,1,3,5-6,9H2,2,4H3/b14-8?,15-7+/t16-,17+,18+,19+/m1/s1. The van der Waals surface area contributed by atoms with Crippen molar-refractivity contribution in [2.45, 2.75) is 45.0 Å². The van der Waals surface area contributed by atoms with E-state index in [1.807, 2.05) is 0 Å². The highest BCUT2D eigenvalue weighted by Gasteiger charge is 2.49. The Balaban J connectivity index is 2.65. The van der Waals surface area contributed by atoms with Crippen molar-refractivity contribution in [1.82, 2.24) is 0 Å². The van der Waals surface area contributed by atoms with Crippen LogP contribution in [0.15, 0.2) is 47.6 Å². The van der Waals surface area contributed by atoms with Gasteiger partial charge in [-0.15, -0.1) is 0 Å². The number of ether oxygens (including phenoxy) is 3. The summed E-state index contributed by atoms with van der Waals surface area (Å²) in [4.78, 5) is 48.0. The molecule has 0 unspecified atom stereocenters. The van der Waals surface area contributed by atoms with Crippen LogP contribution in [0.1, 0.15) is 26.7 Å². The molecule has 1 N–H and O–H groups in total. The van der Waals surface area contributed by atoms with Crippen LogP contribution in [-0.2, 0) is 33.4 Å². The summed E-state index contributed by atoms with van der Waals surface area (Å²) in [5.74, 6) is -3.12. The van der Waals surface area contributed by atoms with E-state index in [0.717, 1.165) is 6.92 Å². The van der Waals surface area contributed by atoms with Gasteiger partial charge < -0.3 is 19.3 Å². The Morgan fingerprint density at radius 3 is 2.59 bits per heavy atom. The van der Waals surface area contributed by atoms with Gasteiger partial charge >= 0.3 is 17.9 Å². The second-order valence-electron chi connectivity index (χ2n) is 6.94. The third kappa shape index (κ3) is 5.08. The van der Waals surface area contributed by atoms with Crippen LogP contribution in [0, 0.1) is 5.92 Å². The maximum absolute atomic E-state index is 12.3. The molecule has 1 saturated heterocycles. The number of hydrogen-bond donors (Lipinski definition) is 1. The van der Waals surface area contributed by atoms with Crippen molar-refractivity contribution in [3.8, 4) is 0 Å². The van der Waals surface area contributed by atoms with Crippen LogP contribution in [0.25, 0.3) is 0 Å². The van der Waals surface area contributed by atoms with Gasteiger partial charge in [-0.1, -0.05) is 19.2 Å². The van der Waals surface area contributed by atoms with Gasteiger partial charge in [0, 0.05) is 23.6 Å². The molecule has 4 atom stereocenters. The quantitative estimate of drug-likeness (QED) is 0.240. The Morgan fingerprint density at radius 1 is 1.34 bits per heavy atom. The first-order valence-corrected chi connectivity index (χ1v) is 9.08. The van der Waals surface area contributed by atoms with Crippen LogP contribution < -0.4 is 0 Å². The molecule has 0 aromatic rings. The molecule has 0 amide bonds. The third-order valence-corrected chi connectivity index (χ3v) is 4.71. The van der Waals surface area contributed by atoms with Gasteiger partial charge in [0.1, 0.15) is 12.4 Å². The fourth-order valence-corrected chi connectivity index (χ4v) is 3.28. The molecule has 0 aromatic heterocycles. The van der Waals surface area contributed by atoms with Crippen LogP contribution >= 0.6 is 0 Å². The van der Waals surface area contributed by atoms with Crippen LogP contribution in [0.3, 0.4) is 0 Å². The summed E-state index contributed by atoms with van der Waals surface area (Å²) < 4.78 is 16.2. The van der Waals surface area contributed by atoms with Gasteiger partial charge in [0.15, 0.2) is 12.2 Å². The first-order chi connectivity index (χ1) is 13.7. The Hall–Kier alpha value is -3.00. The lowest BCUT2D eigenvalue weighted by molar-refractivity contribution is -0.166. The fraction of sp³-hybridized carbons (Fsp3) is 0.429. The van der Waals surface area contributed by atoms with Crippen molar-refractivity contribution in [2.75, 3.05) is 6.61 Å². The molecule has 29 heavy (non-hydrogen) atoms. The highest BCUT2D eigenvalue weighted by Crippen LogP contribution is 2.37. The number of esters is 3. The van der Waals surface area contributed by atoms with Gasteiger partial charge in [0.05, 0.1) is 12.5 Å². The molecule has 0 saturated carbocycles. The lowest BCUT2D eigenvalue weighted by Gasteiger charge is -2.33. The zero-order chi connectivity index (χ0) is 21.7. The minimum absolute atomic E-state index is 0.00558. The van der Waals surface area contributed by atoms with Crippen LogP contribution in [0.5, 0.6) is 0 Å². The van der Waals surface area contributed by atoms with Crippen LogP contribution in [0.4, 0.5) is 0 Å². The lowest BCUT2D eigenvalue weighted by Crippen LogP contribution is -2.45.